The first-order valence-corrected chi connectivity index (χ1v) is 6.29. The number of rotatable bonds is 4. The molecule has 7 heteroatoms. The van der Waals surface area contributed by atoms with Gasteiger partial charge in [0.1, 0.15) is 0 Å². The summed E-state index contributed by atoms with van der Waals surface area (Å²) < 4.78 is 0. The molecule has 0 spiro atoms. The Hall–Kier alpha value is -1.46. The van der Waals surface area contributed by atoms with Crippen molar-refractivity contribution in [3.63, 3.8) is 0 Å². The second-order valence-electron chi connectivity index (χ2n) is 4.13. The predicted molar refractivity (Wildman–Crippen MR) is 75.8 cm³/mol. The maximum atomic E-state index is 12.0. The molecule has 1 rings (SSSR count). The summed E-state index contributed by atoms with van der Waals surface area (Å²) in [6.07, 6.45) is 0.163. The monoisotopic (exact) mass is 303 g/mol. The summed E-state index contributed by atoms with van der Waals surface area (Å²) in [6.45, 7) is 1.67. The number of hydrogen-bond acceptors (Lipinski definition) is 3. The molecule has 1 amide bonds. The third-order valence-corrected chi connectivity index (χ3v) is 3.60. The van der Waals surface area contributed by atoms with Gasteiger partial charge in [-0.15, -0.1) is 0 Å². The average molecular weight is 304 g/mol. The quantitative estimate of drug-likeness (QED) is 0.387. The summed E-state index contributed by atoms with van der Waals surface area (Å²) in [6, 6.07) is 4.53. The molecule has 0 radical (unpaired) electrons. The summed E-state index contributed by atoms with van der Waals surface area (Å²) in [5.41, 5.74) is 6.21. The van der Waals surface area contributed by atoms with Gasteiger partial charge in [-0.25, -0.2) is 0 Å². The van der Waals surface area contributed by atoms with Gasteiger partial charge in [0.2, 0.25) is 5.91 Å². The van der Waals surface area contributed by atoms with Crippen LogP contribution in [-0.2, 0) is 11.2 Å². The molecule has 19 heavy (non-hydrogen) atoms. The molecule has 0 aliphatic rings. The number of oxime groups is 1. The van der Waals surface area contributed by atoms with Crippen LogP contribution in [0.25, 0.3) is 0 Å². The fraction of sp³-hybridized carbons (Fsp3) is 0.333. The molecule has 0 saturated heterocycles. The zero-order valence-corrected chi connectivity index (χ0v) is 12.1. The molecule has 0 heterocycles. The van der Waals surface area contributed by atoms with Crippen LogP contribution in [0, 0.1) is 0 Å². The standard InChI is InChI=1S/C12H15Cl2N3O2/c1-7(12(15)16-19)17(2)11(18)6-8-3-4-9(13)10(14)5-8/h3-5,7,19H,6H2,1-2H3,(H2,15,16). The van der Waals surface area contributed by atoms with Crippen molar-refractivity contribution in [2.75, 3.05) is 7.05 Å². The summed E-state index contributed by atoms with van der Waals surface area (Å²) in [4.78, 5) is 13.4. The summed E-state index contributed by atoms with van der Waals surface area (Å²) in [7, 11) is 1.59. The van der Waals surface area contributed by atoms with Crippen LogP contribution in [0.3, 0.4) is 0 Å². The maximum Gasteiger partial charge on any atom is 0.227 e. The molecule has 1 atom stereocenters. The number of likely N-dealkylation sites (N-methyl/N-ethyl adjacent to an activating group) is 1. The van der Waals surface area contributed by atoms with E-state index >= 15 is 0 Å². The van der Waals surface area contributed by atoms with Crippen LogP contribution in [0.4, 0.5) is 0 Å². The lowest BCUT2D eigenvalue weighted by Crippen LogP contribution is -2.44. The summed E-state index contributed by atoms with van der Waals surface area (Å²) in [5, 5.41) is 12.3. The minimum absolute atomic E-state index is 0.0232. The van der Waals surface area contributed by atoms with Crippen LogP contribution >= 0.6 is 23.2 Å². The van der Waals surface area contributed by atoms with Crippen LogP contribution in [0.2, 0.25) is 10.0 Å². The van der Waals surface area contributed by atoms with Gasteiger partial charge < -0.3 is 15.8 Å². The second-order valence-corrected chi connectivity index (χ2v) is 4.95. The molecule has 1 aromatic rings. The van der Waals surface area contributed by atoms with E-state index in [0.29, 0.717) is 10.0 Å². The number of benzene rings is 1. The molecule has 0 aromatic heterocycles. The molecule has 0 saturated carbocycles. The van der Waals surface area contributed by atoms with Crippen molar-refractivity contribution >= 4 is 34.9 Å². The minimum atomic E-state index is -0.486. The summed E-state index contributed by atoms with van der Waals surface area (Å²) in [5.74, 6) is -0.192. The number of amides is 1. The maximum absolute atomic E-state index is 12.0. The molecule has 0 fully saturated rings. The second kappa shape index (κ2) is 6.63. The highest BCUT2D eigenvalue weighted by Crippen LogP contribution is 2.23. The molecule has 3 N–H and O–H groups in total. The Kier molecular flexibility index (Phi) is 5.44. The van der Waals surface area contributed by atoms with Gasteiger partial charge in [0.05, 0.1) is 22.5 Å². The SMILES string of the molecule is CC(C(N)=NO)N(C)C(=O)Cc1ccc(Cl)c(Cl)c1. The number of carbonyl (C=O) groups is 1. The van der Waals surface area contributed by atoms with E-state index in [9.17, 15) is 4.79 Å². The van der Waals surface area contributed by atoms with Gasteiger partial charge in [-0.2, -0.15) is 0 Å². The molecule has 1 unspecified atom stereocenters. The van der Waals surface area contributed by atoms with Crippen molar-refractivity contribution in [1.82, 2.24) is 4.90 Å². The Bertz CT molecular complexity index is 506. The fourth-order valence-corrected chi connectivity index (χ4v) is 1.77. The third kappa shape index (κ3) is 4.01. The number of amidine groups is 1. The fourth-order valence-electron chi connectivity index (χ4n) is 1.45. The lowest BCUT2D eigenvalue weighted by Gasteiger charge is -2.23. The number of nitrogens with zero attached hydrogens (tertiary/aromatic N) is 2. The van der Waals surface area contributed by atoms with Crippen molar-refractivity contribution in [3.8, 4) is 0 Å². The highest BCUT2D eigenvalue weighted by Gasteiger charge is 2.19. The van der Waals surface area contributed by atoms with Crippen molar-refractivity contribution in [2.24, 2.45) is 10.9 Å². The first-order chi connectivity index (χ1) is 8.86. The number of halogens is 2. The minimum Gasteiger partial charge on any atom is -0.409 e. The Morgan fingerprint density at radius 1 is 1.47 bits per heavy atom. The normalized spacial score (nSPS) is 13.2. The van der Waals surface area contributed by atoms with E-state index < -0.39 is 6.04 Å². The Morgan fingerprint density at radius 2 is 2.11 bits per heavy atom. The third-order valence-electron chi connectivity index (χ3n) is 2.86. The molecule has 1 aromatic carbocycles. The molecule has 0 aliphatic heterocycles. The molecular weight excluding hydrogens is 289 g/mol. The zero-order valence-electron chi connectivity index (χ0n) is 10.6. The molecule has 5 nitrogen and oxygen atoms in total. The topological polar surface area (TPSA) is 78.9 Å². The lowest BCUT2D eigenvalue weighted by atomic mass is 10.1. The Labute approximate surface area is 121 Å². The molecule has 0 bridgehead atoms. The van der Waals surface area contributed by atoms with E-state index in [4.69, 9.17) is 34.1 Å². The van der Waals surface area contributed by atoms with Gasteiger partial charge >= 0.3 is 0 Å². The van der Waals surface area contributed by atoms with Gasteiger partial charge in [-0.1, -0.05) is 34.4 Å². The van der Waals surface area contributed by atoms with Crippen molar-refractivity contribution in [3.05, 3.63) is 33.8 Å². The van der Waals surface area contributed by atoms with Gasteiger partial charge in [0, 0.05) is 7.05 Å². The Balaban J connectivity index is 2.76. The zero-order chi connectivity index (χ0) is 14.6. The van der Waals surface area contributed by atoms with Crippen LogP contribution in [0.1, 0.15) is 12.5 Å². The first-order valence-electron chi connectivity index (χ1n) is 5.53. The smallest absolute Gasteiger partial charge is 0.227 e. The van der Waals surface area contributed by atoms with Crippen molar-refractivity contribution in [2.45, 2.75) is 19.4 Å². The molecule has 104 valence electrons. The van der Waals surface area contributed by atoms with Crippen molar-refractivity contribution < 1.29 is 10.0 Å². The molecular formula is C12H15Cl2N3O2. The average Bonchev–Trinajstić information content (AvgIpc) is 2.40. The van der Waals surface area contributed by atoms with Crippen LogP contribution < -0.4 is 5.73 Å². The first kappa shape index (κ1) is 15.6. The number of carbonyl (C=O) groups excluding carboxylic acids is 1. The number of nitrogens with two attached hydrogens (primary N) is 1. The largest absolute Gasteiger partial charge is 0.409 e. The van der Waals surface area contributed by atoms with Gasteiger partial charge in [0.15, 0.2) is 5.84 Å². The van der Waals surface area contributed by atoms with E-state index in [1.807, 2.05) is 0 Å². The van der Waals surface area contributed by atoms with E-state index in [1.165, 1.54) is 4.90 Å². The lowest BCUT2D eigenvalue weighted by molar-refractivity contribution is -0.129. The van der Waals surface area contributed by atoms with E-state index in [-0.39, 0.29) is 18.2 Å². The highest BCUT2D eigenvalue weighted by molar-refractivity contribution is 6.42. The van der Waals surface area contributed by atoms with E-state index in [0.717, 1.165) is 5.56 Å². The van der Waals surface area contributed by atoms with Crippen LogP contribution in [-0.4, -0.2) is 34.9 Å². The van der Waals surface area contributed by atoms with Crippen molar-refractivity contribution in [1.29, 1.82) is 0 Å². The van der Waals surface area contributed by atoms with Gasteiger partial charge in [-0.3, -0.25) is 4.79 Å². The van der Waals surface area contributed by atoms with E-state index in [1.54, 1.807) is 32.2 Å². The predicted octanol–water partition coefficient (Wildman–Crippen LogP) is 2.13. The Morgan fingerprint density at radius 3 is 2.63 bits per heavy atom. The number of hydrogen-bond donors (Lipinski definition) is 2. The molecule has 0 aliphatic carbocycles. The van der Waals surface area contributed by atoms with Crippen LogP contribution in [0.15, 0.2) is 23.4 Å². The summed E-state index contributed by atoms with van der Waals surface area (Å²) >= 11 is 11.7. The van der Waals surface area contributed by atoms with Gasteiger partial charge in [-0.05, 0) is 24.6 Å². The van der Waals surface area contributed by atoms with Gasteiger partial charge in [0.25, 0.3) is 0 Å². The van der Waals surface area contributed by atoms with Crippen LogP contribution in [0.5, 0.6) is 0 Å². The highest BCUT2D eigenvalue weighted by atomic mass is 35.5. The van der Waals surface area contributed by atoms with E-state index in [2.05, 4.69) is 5.16 Å².